The second kappa shape index (κ2) is 9.55. The zero-order valence-electron chi connectivity index (χ0n) is 17.2. The molecule has 0 unspecified atom stereocenters. The predicted molar refractivity (Wildman–Crippen MR) is 116 cm³/mol. The molecule has 146 valence electrons. The van der Waals surface area contributed by atoms with E-state index in [9.17, 15) is 0 Å². The highest BCUT2D eigenvalue weighted by Crippen LogP contribution is 2.41. The molecule has 6 heteroatoms. The van der Waals surface area contributed by atoms with Crippen LogP contribution in [0.2, 0.25) is 13.1 Å². The quantitative estimate of drug-likeness (QED) is 0.404. The molecule has 0 amide bonds. The zero-order valence-corrected chi connectivity index (χ0v) is 18.4. The molecule has 0 atom stereocenters. The summed E-state index contributed by atoms with van der Waals surface area (Å²) in [6, 6.07) is 8.09. The summed E-state index contributed by atoms with van der Waals surface area (Å²) < 4.78 is 12.1. The lowest BCUT2D eigenvalue weighted by Gasteiger charge is -2.26. The summed E-state index contributed by atoms with van der Waals surface area (Å²) in [4.78, 5) is 3.99. The second-order valence-corrected chi connectivity index (χ2v) is 10.1. The van der Waals surface area contributed by atoms with Crippen molar-refractivity contribution in [2.24, 2.45) is 5.10 Å². The summed E-state index contributed by atoms with van der Waals surface area (Å²) >= 11 is 0. The van der Waals surface area contributed by atoms with Crippen molar-refractivity contribution in [3.8, 4) is 11.5 Å². The number of nitrogens with zero attached hydrogens (tertiary/aromatic N) is 2. The van der Waals surface area contributed by atoms with Gasteiger partial charge in [0.2, 0.25) is 9.04 Å². The molecule has 2 aromatic rings. The molecule has 0 saturated carbocycles. The first kappa shape index (κ1) is 21.0. The number of aryl methyl sites for hydroxylation is 1. The first-order valence-corrected chi connectivity index (χ1v) is 12.2. The molecular formula is C21H31N3O2Si. The monoisotopic (exact) mass is 385 g/mol. The van der Waals surface area contributed by atoms with Gasteiger partial charge in [-0.3, -0.25) is 10.4 Å². The first-order chi connectivity index (χ1) is 12.8. The Bertz CT molecular complexity index is 756. The Morgan fingerprint density at radius 2 is 1.81 bits per heavy atom. The number of methoxy groups -OCH3 is 1. The number of aromatic nitrogens is 1. The lowest BCUT2D eigenvalue weighted by atomic mass is 9.85. The van der Waals surface area contributed by atoms with Gasteiger partial charge >= 0.3 is 0 Å². The highest BCUT2D eigenvalue weighted by Gasteiger charge is 2.24. The highest BCUT2D eigenvalue weighted by molar-refractivity contribution is 6.49. The van der Waals surface area contributed by atoms with Gasteiger partial charge in [-0.2, -0.15) is 5.10 Å². The number of nitrogens with one attached hydrogen (secondary N) is 1. The molecule has 1 aromatic heterocycles. The van der Waals surface area contributed by atoms with Gasteiger partial charge in [0, 0.05) is 24.2 Å². The van der Waals surface area contributed by atoms with E-state index in [0.717, 1.165) is 35.6 Å². The lowest BCUT2D eigenvalue weighted by molar-refractivity contribution is 0.377. The number of pyridine rings is 1. The topological polar surface area (TPSA) is 55.7 Å². The van der Waals surface area contributed by atoms with Crippen LogP contribution in [0.15, 0.2) is 41.8 Å². The number of ether oxygens (including phenoxy) is 1. The van der Waals surface area contributed by atoms with Crippen molar-refractivity contribution in [1.82, 2.24) is 4.98 Å². The Hall–Kier alpha value is -2.34. The maximum absolute atomic E-state index is 6.28. The molecule has 0 fully saturated rings. The number of benzene rings is 1. The number of rotatable bonds is 8. The van der Waals surface area contributed by atoms with Gasteiger partial charge in [-0.25, -0.2) is 0 Å². The van der Waals surface area contributed by atoms with Gasteiger partial charge in [0.05, 0.1) is 12.8 Å². The molecule has 0 aliphatic carbocycles. The van der Waals surface area contributed by atoms with Gasteiger partial charge < -0.3 is 9.16 Å². The van der Waals surface area contributed by atoms with E-state index in [0.29, 0.717) is 0 Å². The Morgan fingerprint density at radius 3 is 2.41 bits per heavy atom. The summed E-state index contributed by atoms with van der Waals surface area (Å²) in [7, 11) is 0.463. The maximum Gasteiger partial charge on any atom is 0.229 e. The Labute approximate surface area is 164 Å². The first-order valence-electron chi connectivity index (χ1n) is 9.37. The Balaban J connectivity index is 2.15. The van der Waals surface area contributed by atoms with Gasteiger partial charge in [-0.15, -0.1) is 0 Å². The van der Waals surface area contributed by atoms with Gasteiger partial charge in [-0.05, 0) is 49.0 Å². The third-order valence-electron chi connectivity index (χ3n) is 4.07. The normalized spacial score (nSPS) is 11.8. The fourth-order valence-electron chi connectivity index (χ4n) is 2.79. The number of hydrogen-bond acceptors (Lipinski definition) is 5. The molecule has 5 nitrogen and oxygen atoms in total. The van der Waals surface area contributed by atoms with E-state index in [4.69, 9.17) is 9.16 Å². The standard InChI is InChI=1S/C21H31N3O2Si/c1-21(2,3)18-10-9-16(19(20(18)25-4)26-27(5)6)8-7-13-23-24-17-11-14-22-15-12-17/h9-15,27H,7-8H2,1-6H3,(H,22,24)/b23-13+. The van der Waals surface area contributed by atoms with Gasteiger partial charge in [0.25, 0.3) is 0 Å². The van der Waals surface area contributed by atoms with E-state index >= 15 is 0 Å². The highest BCUT2D eigenvalue weighted by atomic mass is 28.3. The van der Waals surface area contributed by atoms with Gasteiger partial charge in [0.15, 0.2) is 5.75 Å². The molecule has 1 heterocycles. The van der Waals surface area contributed by atoms with E-state index in [-0.39, 0.29) is 5.41 Å². The average molecular weight is 386 g/mol. The van der Waals surface area contributed by atoms with Gasteiger partial charge in [-0.1, -0.05) is 32.9 Å². The van der Waals surface area contributed by atoms with Crippen LogP contribution >= 0.6 is 0 Å². The molecule has 2 rings (SSSR count). The van der Waals surface area contributed by atoms with Crippen molar-refractivity contribution in [2.45, 2.75) is 52.1 Å². The van der Waals surface area contributed by atoms with Crippen molar-refractivity contribution in [1.29, 1.82) is 0 Å². The number of hydrazone groups is 1. The number of anilines is 1. The van der Waals surface area contributed by atoms with Crippen LogP contribution < -0.4 is 14.6 Å². The summed E-state index contributed by atoms with van der Waals surface area (Å²) in [5, 5.41) is 4.28. The Kier molecular flexibility index (Phi) is 7.42. The van der Waals surface area contributed by atoms with E-state index in [1.807, 2.05) is 18.3 Å². The van der Waals surface area contributed by atoms with E-state index in [1.54, 1.807) is 19.5 Å². The minimum absolute atomic E-state index is 0.00353. The van der Waals surface area contributed by atoms with Crippen molar-refractivity contribution in [3.05, 3.63) is 47.8 Å². The van der Waals surface area contributed by atoms with E-state index < -0.39 is 9.04 Å². The summed E-state index contributed by atoms with van der Waals surface area (Å²) in [6.07, 6.45) is 7.02. The third-order valence-corrected chi connectivity index (χ3v) is 4.77. The van der Waals surface area contributed by atoms with Crippen LogP contribution in [-0.2, 0) is 11.8 Å². The van der Waals surface area contributed by atoms with Crippen LogP contribution in [0.4, 0.5) is 5.69 Å². The van der Waals surface area contributed by atoms with Crippen molar-refractivity contribution in [3.63, 3.8) is 0 Å². The molecule has 0 aliphatic rings. The van der Waals surface area contributed by atoms with Crippen LogP contribution in [0, 0.1) is 0 Å². The largest absolute Gasteiger partial charge is 0.544 e. The second-order valence-electron chi connectivity index (χ2n) is 7.75. The van der Waals surface area contributed by atoms with E-state index in [1.165, 1.54) is 5.56 Å². The minimum Gasteiger partial charge on any atom is -0.544 e. The molecule has 0 saturated heterocycles. The maximum atomic E-state index is 6.28. The van der Waals surface area contributed by atoms with Crippen LogP contribution in [0.5, 0.6) is 11.5 Å². The summed E-state index contributed by atoms with van der Waals surface area (Å²) in [5.41, 5.74) is 6.27. The lowest BCUT2D eigenvalue weighted by Crippen LogP contribution is -2.18. The smallest absolute Gasteiger partial charge is 0.229 e. The molecule has 1 aromatic carbocycles. The van der Waals surface area contributed by atoms with Crippen molar-refractivity contribution < 1.29 is 9.16 Å². The van der Waals surface area contributed by atoms with Crippen LogP contribution in [0.1, 0.15) is 38.3 Å². The molecule has 0 spiro atoms. The SMILES string of the molecule is COc1c(C(C)(C)C)ccc(CC/C=N/Nc2ccncc2)c1O[SiH](C)C. The van der Waals surface area contributed by atoms with Crippen molar-refractivity contribution in [2.75, 3.05) is 12.5 Å². The fraction of sp³-hybridized carbons (Fsp3) is 0.429. The summed E-state index contributed by atoms with van der Waals surface area (Å²) in [6.45, 7) is 10.9. The fourth-order valence-corrected chi connectivity index (χ4v) is 3.52. The van der Waals surface area contributed by atoms with Crippen LogP contribution in [-0.4, -0.2) is 27.3 Å². The average Bonchev–Trinajstić information content (AvgIpc) is 2.61. The minimum atomic E-state index is -1.26. The Morgan fingerprint density at radius 1 is 1.11 bits per heavy atom. The van der Waals surface area contributed by atoms with E-state index in [2.05, 4.69) is 61.5 Å². The van der Waals surface area contributed by atoms with Gasteiger partial charge in [0.1, 0.15) is 5.75 Å². The molecule has 27 heavy (non-hydrogen) atoms. The summed E-state index contributed by atoms with van der Waals surface area (Å²) in [5.74, 6) is 1.77. The predicted octanol–water partition coefficient (Wildman–Crippen LogP) is 4.78. The molecule has 0 radical (unpaired) electrons. The molecule has 0 bridgehead atoms. The molecular weight excluding hydrogens is 354 g/mol. The third kappa shape index (κ3) is 6.10. The number of hydrogen-bond donors (Lipinski definition) is 1. The zero-order chi connectivity index (χ0) is 19.9. The van der Waals surface area contributed by atoms with Crippen LogP contribution in [0.25, 0.3) is 0 Å². The molecule has 1 N–H and O–H groups in total. The molecule has 0 aliphatic heterocycles. The van der Waals surface area contributed by atoms with Crippen molar-refractivity contribution >= 4 is 20.9 Å². The van der Waals surface area contributed by atoms with Crippen LogP contribution in [0.3, 0.4) is 0 Å².